The molecular weight excluding hydrogens is 288 g/mol. The second-order valence-electron chi connectivity index (χ2n) is 4.72. The SMILES string of the molecule is C=C(C)C(=O)OCCCOC(=O)NCCCCCCN=C=O. The molecule has 0 aromatic heterocycles. The number of amides is 1. The van der Waals surface area contributed by atoms with E-state index in [4.69, 9.17) is 9.47 Å². The Morgan fingerprint density at radius 3 is 2.45 bits per heavy atom. The van der Waals surface area contributed by atoms with Crippen LogP contribution in [-0.2, 0) is 19.1 Å². The van der Waals surface area contributed by atoms with Gasteiger partial charge in [0.15, 0.2) is 0 Å². The molecule has 7 heteroatoms. The van der Waals surface area contributed by atoms with Gasteiger partial charge in [-0.25, -0.2) is 19.4 Å². The van der Waals surface area contributed by atoms with Crippen molar-refractivity contribution in [1.29, 1.82) is 0 Å². The van der Waals surface area contributed by atoms with Crippen LogP contribution in [0.15, 0.2) is 17.1 Å². The maximum absolute atomic E-state index is 11.3. The van der Waals surface area contributed by atoms with E-state index in [0.717, 1.165) is 25.7 Å². The molecule has 0 atom stereocenters. The molecular formula is C15H24N2O5. The zero-order valence-electron chi connectivity index (χ0n) is 13.1. The van der Waals surface area contributed by atoms with Gasteiger partial charge in [-0.2, -0.15) is 0 Å². The van der Waals surface area contributed by atoms with Gasteiger partial charge in [0, 0.05) is 18.5 Å². The number of hydrogen-bond acceptors (Lipinski definition) is 6. The smallest absolute Gasteiger partial charge is 0.407 e. The van der Waals surface area contributed by atoms with E-state index in [1.165, 1.54) is 6.08 Å². The van der Waals surface area contributed by atoms with Crippen LogP contribution in [0, 0.1) is 0 Å². The van der Waals surface area contributed by atoms with E-state index >= 15 is 0 Å². The Bertz CT molecular complexity index is 403. The second kappa shape index (κ2) is 13.8. The number of aliphatic imine (C=N–C) groups is 1. The summed E-state index contributed by atoms with van der Waals surface area (Å²) in [7, 11) is 0. The first-order valence-electron chi connectivity index (χ1n) is 7.34. The number of unbranched alkanes of at least 4 members (excludes halogenated alkanes) is 3. The third-order valence-corrected chi connectivity index (χ3v) is 2.63. The molecule has 0 aromatic rings. The van der Waals surface area contributed by atoms with Crippen LogP contribution in [0.2, 0.25) is 0 Å². The van der Waals surface area contributed by atoms with E-state index in [2.05, 4.69) is 16.9 Å². The van der Waals surface area contributed by atoms with Crippen LogP contribution in [0.4, 0.5) is 4.79 Å². The van der Waals surface area contributed by atoms with Gasteiger partial charge in [-0.1, -0.05) is 19.4 Å². The number of nitrogens with zero attached hydrogens (tertiary/aromatic N) is 1. The highest BCUT2D eigenvalue weighted by Crippen LogP contribution is 1.99. The summed E-state index contributed by atoms with van der Waals surface area (Å²) in [6.45, 7) is 6.47. The molecule has 0 aliphatic carbocycles. The minimum Gasteiger partial charge on any atom is -0.462 e. The third kappa shape index (κ3) is 12.9. The Labute approximate surface area is 130 Å². The monoisotopic (exact) mass is 312 g/mol. The summed E-state index contributed by atoms with van der Waals surface area (Å²) in [6, 6.07) is 0. The van der Waals surface area contributed by atoms with Crippen molar-refractivity contribution in [3.05, 3.63) is 12.2 Å². The number of hydrogen-bond donors (Lipinski definition) is 1. The lowest BCUT2D eigenvalue weighted by Gasteiger charge is -2.07. The average Bonchev–Trinajstić information content (AvgIpc) is 2.49. The molecule has 0 heterocycles. The Morgan fingerprint density at radius 2 is 1.77 bits per heavy atom. The summed E-state index contributed by atoms with van der Waals surface area (Å²) in [5.74, 6) is -0.441. The zero-order valence-corrected chi connectivity index (χ0v) is 13.1. The highest BCUT2D eigenvalue weighted by atomic mass is 16.6. The molecule has 0 saturated heterocycles. The number of rotatable bonds is 12. The van der Waals surface area contributed by atoms with Gasteiger partial charge in [0.05, 0.1) is 19.8 Å². The maximum atomic E-state index is 11.3. The van der Waals surface area contributed by atoms with Crippen LogP contribution in [-0.4, -0.2) is 44.4 Å². The summed E-state index contributed by atoms with van der Waals surface area (Å²) < 4.78 is 9.78. The summed E-state index contributed by atoms with van der Waals surface area (Å²) in [5, 5.41) is 2.63. The average molecular weight is 312 g/mol. The molecule has 0 aromatic carbocycles. The lowest BCUT2D eigenvalue weighted by atomic mass is 10.2. The lowest BCUT2D eigenvalue weighted by Crippen LogP contribution is -2.26. The van der Waals surface area contributed by atoms with E-state index in [0.29, 0.717) is 25.1 Å². The van der Waals surface area contributed by atoms with Gasteiger partial charge in [-0.05, 0) is 19.8 Å². The van der Waals surface area contributed by atoms with Gasteiger partial charge in [0.1, 0.15) is 0 Å². The minimum atomic E-state index is -0.475. The van der Waals surface area contributed by atoms with Crippen LogP contribution < -0.4 is 5.32 Å². The number of carbonyl (C=O) groups is 2. The molecule has 0 rings (SSSR count). The summed E-state index contributed by atoms with van der Waals surface area (Å²) in [6.07, 6.45) is 5.06. The van der Waals surface area contributed by atoms with E-state index in [9.17, 15) is 14.4 Å². The molecule has 0 aliphatic rings. The Balaban J connectivity index is 3.34. The van der Waals surface area contributed by atoms with Crippen LogP contribution in [0.3, 0.4) is 0 Å². The highest BCUT2D eigenvalue weighted by Gasteiger charge is 2.04. The van der Waals surface area contributed by atoms with Crippen molar-refractivity contribution in [2.24, 2.45) is 4.99 Å². The number of alkyl carbamates (subject to hydrolysis) is 1. The summed E-state index contributed by atoms with van der Waals surface area (Å²) in [5.41, 5.74) is 0.344. The molecule has 124 valence electrons. The zero-order chi connectivity index (χ0) is 16.6. The predicted molar refractivity (Wildman–Crippen MR) is 81.2 cm³/mol. The maximum Gasteiger partial charge on any atom is 0.407 e. The number of carbonyl (C=O) groups excluding carboxylic acids is 3. The molecule has 7 nitrogen and oxygen atoms in total. The second-order valence-corrected chi connectivity index (χ2v) is 4.72. The van der Waals surface area contributed by atoms with E-state index in [1.54, 1.807) is 6.92 Å². The van der Waals surface area contributed by atoms with Gasteiger partial charge in [-0.15, -0.1) is 0 Å². The topological polar surface area (TPSA) is 94.1 Å². The van der Waals surface area contributed by atoms with Crippen LogP contribution in [0.1, 0.15) is 39.0 Å². The lowest BCUT2D eigenvalue weighted by molar-refractivity contribution is -0.139. The first-order valence-corrected chi connectivity index (χ1v) is 7.34. The largest absolute Gasteiger partial charge is 0.462 e. The van der Waals surface area contributed by atoms with Crippen molar-refractivity contribution in [1.82, 2.24) is 5.32 Å². The molecule has 0 spiro atoms. The van der Waals surface area contributed by atoms with Gasteiger partial charge >= 0.3 is 12.1 Å². The van der Waals surface area contributed by atoms with Crippen molar-refractivity contribution >= 4 is 18.1 Å². The van der Waals surface area contributed by atoms with E-state index < -0.39 is 12.1 Å². The number of isocyanates is 1. The molecule has 0 bridgehead atoms. The standard InChI is InChI=1S/C15H24N2O5/c1-13(2)14(19)21-10-7-11-22-15(20)17-9-6-4-3-5-8-16-12-18/h1,3-11H2,2H3,(H,17,20). The fourth-order valence-electron chi connectivity index (χ4n) is 1.47. The first kappa shape index (κ1) is 19.9. The molecule has 0 radical (unpaired) electrons. The number of ether oxygens (including phenoxy) is 2. The molecule has 22 heavy (non-hydrogen) atoms. The van der Waals surface area contributed by atoms with Gasteiger partial charge < -0.3 is 14.8 Å². The van der Waals surface area contributed by atoms with Gasteiger partial charge in [-0.3, -0.25) is 0 Å². The van der Waals surface area contributed by atoms with Crippen LogP contribution >= 0.6 is 0 Å². The van der Waals surface area contributed by atoms with E-state index in [1.807, 2.05) is 0 Å². The van der Waals surface area contributed by atoms with Crippen molar-refractivity contribution < 1.29 is 23.9 Å². The Kier molecular flexibility index (Phi) is 12.5. The Morgan fingerprint density at radius 1 is 1.09 bits per heavy atom. The van der Waals surface area contributed by atoms with Crippen molar-refractivity contribution in [3.8, 4) is 0 Å². The minimum absolute atomic E-state index is 0.193. The van der Waals surface area contributed by atoms with Crippen molar-refractivity contribution in [2.75, 3.05) is 26.3 Å². The quantitative estimate of drug-likeness (QED) is 0.196. The summed E-state index contributed by atoms with van der Waals surface area (Å²) >= 11 is 0. The molecule has 1 N–H and O–H groups in total. The summed E-state index contributed by atoms with van der Waals surface area (Å²) in [4.78, 5) is 35.6. The molecule has 0 unspecified atom stereocenters. The molecule has 1 amide bonds. The van der Waals surface area contributed by atoms with Crippen molar-refractivity contribution in [3.63, 3.8) is 0 Å². The fraction of sp³-hybridized carbons (Fsp3) is 0.667. The van der Waals surface area contributed by atoms with Crippen LogP contribution in [0.25, 0.3) is 0 Å². The van der Waals surface area contributed by atoms with Gasteiger partial charge in [0.25, 0.3) is 0 Å². The molecule has 0 fully saturated rings. The molecule has 0 saturated carbocycles. The predicted octanol–water partition coefficient (Wildman–Crippen LogP) is 2.12. The normalized spacial score (nSPS) is 9.50. The Hall–Kier alpha value is -2.14. The fourth-order valence-corrected chi connectivity index (χ4v) is 1.47. The van der Waals surface area contributed by atoms with Crippen LogP contribution in [0.5, 0.6) is 0 Å². The number of nitrogens with one attached hydrogen (secondary N) is 1. The molecule has 0 aliphatic heterocycles. The third-order valence-electron chi connectivity index (χ3n) is 2.63. The van der Waals surface area contributed by atoms with E-state index in [-0.39, 0.29) is 13.2 Å². The van der Waals surface area contributed by atoms with Gasteiger partial charge in [0.2, 0.25) is 6.08 Å². The van der Waals surface area contributed by atoms with Crippen molar-refractivity contribution in [2.45, 2.75) is 39.0 Å². The highest BCUT2D eigenvalue weighted by molar-refractivity contribution is 5.86. The number of esters is 1. The first-order chi connectivity index (χ1) is 10.6.